The summed E-state index contributed by atoms with van der Waals surface area (Å²) >= 11 is 3.44. The topological polar surface area (TPSA) is 549 Å². The summed E-state index contributed by atoms with van der Waals surface area (Å²) in [4.78, 5) is 194. The van der Waals surface area contributed by atoms with Gasteiger partial charge in [0, 0.05) is 152 Å². The van der Waals surface area contributed by atoms with Crippen molar-refractivity contribution in [2.24, 2.45) is 0 Å². The van der Waals surface area contributed by atoms with E-state index in [9.17, 15) is 92.7 Å². The lowest BCUT2D eigenvalue weighted by Crippen LogP contribution is -2.52. The van der Waals surface area contributed by atoms with Crippen LogP contribution in [0.1, 0.15) is 144 Å². The van der Waals surface area contributed by atoms with E-state index >= 15 is 0 Å². The Morgan fingerprint density at radius 2 is 1.22 bits per heavy atom. The fourth-order valence-corrected chi connectivity index (χ4v) is 14.0. The zero-order chi connectivity index (χ0) is 90.7. The first-order valence-electron chi connectivity index (χ1n) is 42.1. The maximum atomic E-state index is 13.9. The minimum absolute atomic E-state index is 0.0102. The molecule has 2 aromatic heterocycles. The van der Waals surface area contributed by atoms with Gasteiger partial charge in [-0.25, -0.2) is 20.8 Å². The molecule has 125 heavy (non-hydrogen) atoms. The number of aliphatic carboxylic acids is 6. The summed E-state index contributed by atoms with van der Waals surface area (Å²) in [6.45, 7) is 10.3. The Hall–Kier alpha value is -11.1. The number of carboxylic acid groups (broad SMARTS) is 6. The number of rotatable bonds is 59. The number of urea groups is 1. The van der Waals surface area contributed by atoms with E-state index in [1.807, 2.05) is 24.3 Å². The first-order valence-corrected chi connectivity index (χ1v) is 42.9. The highest BCUT2D eigenvalue weighted by Crippen LogP contribution is 2.25. The number of carbonyl (C=O) groups is 14. The molecular weight excluding hydrogens is 1700 g/mol. The highest BCUT2D eigenvalue weighted by atomic mass is 79.9. The summed E-state index contributed by atoms with van der Waals surface area (Å²) in [6, 6.07) is 9.81. The Balaban J connectivity index is 0.908. The maximum Gasteiger partial charge on any atom is 0.326 e. The van der Waals surface area contributed by atoms with Crippen molar-refractivity contribution in [3.8, 4) is 5.75 Å². The van der Waals surface area contributed by atoms with Gasteiger partial charge in [0.25, 0.3) is 5.91 Å². The van der Waals surface area contributed by atoms with Crippen LogP contribution in [0.5, 0.6) is 5.75 Å². The van der Waals surface area contributed by atoms with Crippen LogP contribution in [0, 0.1) is 6.57 Å². The fourth-order valence-electron chi connectivity index (χ4n) is 13.7. The van der Waals surface area contributed by atoms with Gasteiger partial charge in [0.1, 0.15) is 23.9 Å². The molecule has 0 radical (unpaired) electrons. The number of aromatic nitrogens is 4. The molecule has 1 unspecified atom stereocenters. The number of aryl methyl sites for hydroxylation is 1. The van der Waals surface area contributed by atoms with Gasteiger partial charge in [0.2, 0.25) is 35.4 Å². The number of nitrogens with zero attached hydrogens (tertiary/aromatic N) is 11. The third-order valence-electron chi connectivity index (χ3n) is 20.3. The highest BCUT2D eigenvalue weighted by Gasteiger charge is 2.34. The van der Waals surface area contributed by atoms with Gasteiger partial charge < -0.3 is 91.7 Å². The van der Waals surface area contributed by atoms with Gasteiger partial charge in [-0.2, -0.15) is 0 Å². The second-order valence-electron chi connectivity index (χ2n) is 30.1. The normalized spacial score (nSPS) is 15.0. The molecule has 2 fully saturated rings. The average Bonchev–Trinajstić information content (AvgIpc) is 1.17. The van der Waals surface area contributed by atoms with E-state index in [4.69, 9.17) is 30.6 Å². The van der Waals surface area contributed by atoms with Crippen LogP contribution in [0.3, 0.4) is 0 Å². The standard InChI is InChI=1S/C82H119BrN18O24/c1-84-68-13-9-37-101(68)73(106)51-90-78(115)62-27-33-85-64-21-20-61(50-63(62)64)125-43-10-32-87-69(102)24-19-60-53-100(94-93-60)42-45-123-47-49-124-48-46-122-44-28-71(104)91-65(79(116)88-30-7-4-14-72(105)98(52-58-15-17-59(83)18-16-58)35-8-2-5-31-89-82(121)92-66(80(117)118)22-26-74(107)108)12-3-6-29-86-70(103)25-23-67(81(119)120)99-36-11-34-95(54-75(109)110)38-39-96(55-76(111)112)40-41-97(57-99)56-77(113)114/h15-18,20-21,27,33,50,53,65-68H,2-14,19,22-26,28-32,34-49,51-52,54-57H2,(H,86,103)(H,87,102)(H,88,116)(H,90,115)(H,91,104)(H,107,108)(H,109,110)(H,111,112)(H,113,114)(H,117,118)(H,119,120)(H2,89,92,121)/t65-,66-,67?,68-/m0/s1. The lowest BCUT2D eigenvalue weighted by atomic mass is 10.1. The predicted molar refractivity (Wildman–Crippen MR) is 452 cm³/mol. The SMILES string of the molecule is [C-]#[N+][C@@H]1CCCN1C(=O)CNC(=O)c1ccnc2ccc(OCCCNC(=O)CCc3cn(CCOCCOCCOCCC(=O)N[C@@H](CCCCNC(=O)CCC(C(=O)O)N4CCCN(CC(=O)O)CCN(CC(=O)O)CCN(CC(=O)O)C4)C(=O)NCCCCC(=O)N(CCCCCNC(=O)N[C@@H](CCC(=O)O)C(=O)O)Cc4ccc(Br)cc4)nn3)cc12. The Labute approximate surface area is 732 Å². The van der Waals surface area contributed by atoms with E-state index in [-0.39, 0.29) is 187 Å². The van der Waals surface area contributed by atoms with Gasteiger partial charge in [0.05, 0.1) is 102 Å². The molecule has 13 N–H and O–H groups in total. The number of halogens is 1. The number of likely N-dealkylation sites (tertiary alicyclic amines) is 1. The van der Waals surface area contributed by atoms with Crippen molar-refractivity contribution in [2.75, 3.05) is 158 Å². The Morgan fingerprint density at radius 3 is 1.91 bits per heavy atom. The third-order valence-corrected chi connectivity index (χ3v) is 20.9. The van der Waals surface area contributed by atoms with Crippen LogP contribution in [0.2, 0.25) is 0 Å². The summed E-state index contributed by atoms with van der Waals surface area (Å²) < 4.78 is 25.4. The van der Waals surface area contributed by atoms with Crippen molar-refractivity contribution in [1.29, 1.82) is 0 Å². The number of amides is 9. The zero-order valence-corrected chi connectivity index (χ0v) is 72.0. The zero-order valence-electron chi connectivity index (χ0n) is 70.4. The summed E-state index contributed by atoms with van der Waals surface area (Å²) in [7, 11) is 0. The Kier molecular flexibility index (Phi) is 47.7. The first-order chi connectivity index (χ1) is 60.1. The van der Waals surface area contributed by atoms with Crippen LogP contribution in [-0.4, -0.2) is 345 Å². The summed E-state index contributed by atoms with van der Waals surface area (Å²) in [6.07, 6.45) is 7.52. The monoisotopic (exact) mass is 1820 g/mol. The number of pyridine rings is 1. The molecule has 2 aromatic carbocycles. The number of carbonyl (C=O) groups excluding carboxylic acids is 8. The van der Waals surface area contributed by atoms with E-state index in [2.05, 4.69) is 73.3 Å². The van der Waals surface area contributed by atoms with E-state index in [1.165, 1.54) is 20.9 Å². The first kappa shape index (κ1) is 103. The number of unbranched alkanes of at least 4 members (excludes halogenated alkanes) is 4. The Morgan fingerprint density at radius 1 is 0.568 bits per heavy atom. The van der Waals surface area contributed by atoms with Gasteiger partial charge in [-0.05, 0) is 125 Å². The minimum atomic E-state index is -1.38. The predicted octanol–water partition coefficient (Wildman–Crippen LogP) is 2.07. The average molecular weight is 1820 g/mol. The van der Waals surface area contributed by atoms with Crippen molar-refractivity contribution in [2.45, 2.75) is 166 Å². The number of carboxylic acids is 6. The molecule has 0 bridgehead atoms. The number of hydrogen-bond acceptors (Lipinski definition) is 25. The van der Waals surface area contributed by atoms with Crippen molar-refractivity contribution in [1.82, 2.24) is 86.6 Å². The molecule has 0 spiro atoms. The van der Waals surface area contributed by atoms with Crippen LogP contribution in [-0.2, 0) is 91.3 Å². The van der Waals surface area contributed by atoms with E-state index in [1.54, 1.807) is 49.8 Å². The smallest absolute Gasteiger partial charge is 0.326 e. The molecule has 0 saturated carbocycles. The molecule has 688 valence electrons. The largest absolute Gasteiger partial charge is 0.494 e. The molecule has 2 aliphatic rings. The highest BCUT2D eigenvalue weighted by molar-refractivity contribution is 9.10. The molecule has 2 aliphatic heterocycles. The molecule has 4 heterocycles. The third kappa shape index (κ3) is 41.9. The van der Waals surface area contributed by atoms with Crippen molar-refractivity contribution in [3.63, 3.8) is 0 Å². The van der Waals surface area contributed by atoms with Crippen molar-refractivity contribution in [3.05, 3.63) is 93.6 Å². The number of fused-ring (bicyclic) bond motifs is 1. The van der Waals surface area contributed by atoms with Crippen molar-refractivity contribution >= 4 is 110 Å². The van der Waals surface area contributed by atoms with Gasteiger partial charge in [-0.1, -0.05) is 33.3 Å². The molecule has 4 aromatic rings. The number of nitrogens with one attached hydrogen (secondary N) is 7. The molecule has 2 saturated heterocycles. The van der Waals surface area contributed by atoms with Crippen LogP contribution in [0.4, 0.5) is 4.79 Å². The van der Waals surface area contributed by atoms with Crippen LogP contribution in [0.15, 0.2) is 65.4 Å². The molecule has 42 nitrogen and oxygen atoms in total. The van der Waals surface area contributed by atoms with Gasteiger partial charge in [-0.15, -0.1) is 5.10 Å². The van der Waals surface area contributed by atoms with Crippen LogP contribution < -0.4 is 42.0 Å². The lowest BCUT2D eigenvalue weighted by molar-refractivity contribution is -0.146. The van der Waals surface area contributed by atoms with Gasteiger partial charge in [-0.3, -0.25) is 91.9 Å². The molecule has 9 amide bonds. The molecule has 4 atom stereocenters. The molecule has 0 aliphatic carbocycles. The Bertz CT molecular complexity index is 4180. The summed E-state index contributed by atoms with van der Waals surface area (Å²) in [5.41, 5.74) is 2.39. The summed E-state index contributed by atoms with van der Waals surface area (Å²) in [5, 5.41) is 85.5. The van der Waals surface area contributed by atoms with Crippen LogP contribution in [0.25, 0.3) is 15.7 Å². The van der Waals surface area contributed by atoms with Gasteiger partial charge in [0.15, 0.2) is 0 Å². The lowest BCUT2D eigenvalue weighted by Gasteiger charge is -2.36. The minimum Gasteiger partial charge on any atom is -0.494 e. The van der Waals surface area contributed by atoms with Gasteiger partial charge >= 0.3 is 48.0 Å². The van der Waals surface area contributed by atoms with E-state index in [0.29, 0.717) is 131 Å². The summed E-state index contributed by atoms with van der Waals surface area (Å²) in [5.74, 6) is -9.34. The van der Waals surface area contributed by atoms with E-state index < -0.39 is 109 Å². The molecular formula is C82H119BrN18O24. The number of ether oxygens (including phenoxy) is 4. The quantitative estimate of drug-likeness (QED) is 0.0222. The second-order valence-corrected chi connectivity index (χ2v) is 31.0. The number of benzene rings is 2. The maximum absolute atomic E-state index is 13.9. The van der Waals surface area contributed by atoms with Crippen LogP contribution >= 0.6 is 15.9 Å². The number of hydrogen-bond donors (Lipinski definition) is 13. The molecule has 43 heteroatoms. The fraction of sp³-hybridized carbons (Fsp3) is 0.610. The van der Waals surface area contributed by atoms with E-state index in [0.717, 1.165) is 16.5 Å². The molecule has 6 rings (SSSR count). The second kappa shape index (κ2) is 58.1. The van der Waals surface area contributed by atoms with Crippen molar-refractivity contribution < 1.29 is 117 Å².